The van der Waals surface area contributed by atoms with Crippen LogP contribution in [0.25, 0.3) is 0 Å². The molecule has 3 nitrogen and oxygen atoms in total. The van der Waals surface area contributed by atoms with Gasteiger partial charge in [0.15, 0.2) is 11.5 Å². The van der Waals surface area contributed by atoms with Gasteiger partial charge in [-0.25, -0.2) is 0 Å². The molecule has 3 heteroatoms. The van der Waals surface area contributed by atoms with Crippen LogP contribution >= 0.6 is 0 Å². The lowest BCUT2D eigenvalue weighted by molar-refractivity contribution is 0.323. The number of hydrogen-bond donors (Lipinski definition) is 0. The van der Waals surface area contributed by atoms with E-state index in [0.717, 1.165) is 24.3 Å². The number of aryl methyl sites for hydroxylation is 1. The number of methoxy groups -OCH3 is 3. The van der Waals surface area contributed by atoms with Crippen molar-refractivity contribution in [2.24, 2.45) is 5.92 Å². The molecule has 0 heterocycles. The highest BCUT2D eigenvalue weighted by Crippen LogP contribution is 2.38. The molecular formula is C14H22O3. The minimum absolute atomic E-state index is 0.656. The highest BCUT2D eigenvalue weighted by Gasteiger charge is 2.13. The summed E-state index contributed by atoms with van der Waals surface area (Å²) in [6.45, 7) is 4.44. The first kappa shape index (κ1) is 13.7. The molecule has 0 radical (unpaired) electrons. The maximum absolute atomic E-state index is 5.32. The molecule has 0 N–H and O–H groups in total. The molecule has 17 heavy (non-hydrogen) atoms. The van der Waals surface area contributed by atoms with Crippen molar-refractivity contribution < 1.29 is 14.2 Å². The Hall–Kier alpha value is -1.38. The van der Waals surface area contributed by atoms with Gasteiger partial charge in [-0.3, -0.25) is 0 Å². The summed E-state index contributed by atoms with van der Waals surface area (Å²) in [5.74, 6) is 2.80. The second-order valence-corrected chi connectivity index (χ2v) is 4.47. The molecule has 0 saturated heterocycles. The Kier molecular flexibility index (Phi) is 5.13. The van der Waals surface area contributed by atoms with E-state index in [1.165, 1.54) is 5.56 Å². The Morgan fingerprint density at radius 2 is 1.47 bits per heavy atom. The minimum atomic E-state index is 0.656. The van der Waals surface area contributed by atoms with Crippen LogP contribution in [0.1, 0.15) is 25.8 Å². The predicted octanol–water partition coefficient (Wildman–Crippen LogP) is 3.30. The number of rotatable bonds is 6. The zero-order chi connectivity index (χ0) is 12.8. The fraction of sp³-hybridized carbons (Fsp3) is 0.571. The van der Waals surface area contributed by atoms with Crippen molar-refractivity contribution in [2.75, 3.05) is 21.3 Å². The first-order valence-corrected chi connectivity index (χ1v) is 5.91. The van der Waals surface area contributed by atoms with Crippen LogP contribution in [-0.4, -0.2) is 21.3 Å². The lowest BCUT2D eigenvalue weighted by Crippen LogP contribution is -1.98. The molecule has 0 saturated carbocycles. The van der Waals surface area contributed by atoms with Crippen LogP contribution in [0.15, 0.2) is 12.1 Å². The van der Waals surface area contributed by atoms with Gasteiger partial charge in [0.2, 0.25) is 5.75 Å². The summed E-state index contributed by atoms with van der Waals surface area (Å²) in [6, 6.07) is 4.04. The second-order valence-electron chi connectivity index (χ2n) is 4.47. The van der Waals surface area contributed by atoms with E-state index in [4.69, 9.17) is 14.2 Å². The molecule has 0 aromatic heterocycles. The van der Waals surface area contributed by atoms with Gasteiger partial charge in [-0.15, -0.1) is 0 Å². The molecule has 0 atom stereocenters. The largest absolute Gasteiger partial charge is 0.493 e. The third-order valence-electron chi connectivity index (χ3n) is 2.73. The standard InChI is InChI=1S/C14H22O3/c1-10(2)6-7-11-8-12(15-3)14(17-5)13(9-11)16-4/h8-10H,6-7H2,1-5H3. The van der Waals surface area contributed by atoms with Gasteiger partial charge in [-0.1, -0.05) is 13.8 Å². The van der Waals surface area contributed by atoms with Crippen LogP contribution in [0.3, 0.4) is 0 Å². The fourth-order valence-electron chi connectivity index (χ4n) is 1.74. The Labute approximate surface area is 104 Å². The summed E-state index contributed by atoms with van der Waals surface area (Å²) in [7, 11) is 4.90. The minimum Gasteiger partial charge on any atom is -0.493 e. The molecular weight excluding hydrogens is 216 g/mol. The molecule has 1 rings (SSSR count). The van der Waals surface area contributed by atoms with Gasteiger partial charge >= 0.3 is 0 Å². The number of benzene rings is 1. The molecule has 0 aliphatic carbocycles. The Morgan fingerprint density at radius 3 is 1.82 bits per heavy atom. The van der Waals surface area contributed by atoms with Crippen LogP contribution in [0.5, 0.6) is 17.2 Å². The van der Waals surface area contributed by atoms with E-state index in [0.29, 0.717) is 11.7 Å². The Bertz CT molecular complexity index is 333. The summed E-state index contributed by atoms with van der Waals surface area (Å²) >= 11 is 0. The first-order valence-electron chi connectivity index (χ1n) is 5.91. The molecule has 1 aromatic carbocycles. The van der Waals surface area contributed by atoms with E-state index in [9.17, 15) is 0 Å². The third kappa shape index (κ3) is 3.55. The molecule has 1 aromatic rings. The van der Waals surface area contributed by atoms with Crippen LogP contribution in [0.2, 0.25) is 0 Å². The summed E-state index contributed by atoms with van der Waals surface area (Å²) < 4.78 is 15.9. The molecule has 0 spiro atoms. The zero-order valence-electron chi connectivity index (χ0n) is 11.4. The molecule has 0 unspecified atom stereocenters. The van der Waals surface area contributed by atoms with Crippen LogP contribution < -0.4 is 14.2 Å². The summed E-state index contributed by atoms with van der Waals surface area (Å²) in [6.07, 6.45) is 2.17. The maximum atomic E-state index is 5.32. The van der Waals surface area contributed by atoms with Gasteiger partial charge in [0.1, 0.15) is 0 Å². The SMILES string of the molecule is COc1cc(CCC(C)C)cc(OC)c1OC. The van der Waals surface area contributed by atoms with Crippen molar-refractivity contribution in [1.29, 1.82) is 0 Å². The highest BCUT2D eigenvalue weighted by atomic mass is 16.5. The highest BCUT2D eigenvalue weighted by molar-refractivity contribution is 5.53. The predicted molar refractivity (Wildman–Crippen MR) is 69.3 cm³/mol. The smallest absolute Gasteiger partial charge is 0.203 e. The van der Waals surface area contributed by atoms with Crippen molar-refractivity contribution in [3.63, 3.8) is 0 Å². The average molecular weight is 238 g/mol. The van der Waals surface area contributed by atoms with Crippen LogP contribution in [-0.2, 0) is 6.42 Å². The van der Waals surface area contributed by atoms with Gasteiger partial charge in [0, 0.05) is 0 Å². The topological polar surface area (TPSA) is 27.7 Å². The lowest BCUT2D eigenvalue weighted by atomic mass is 10.0. The molecule has 96 valence electrons. The van der Waals surface area contributed by atoms with Gasteiger partial charge < -0.3 is 14.2 Å². The summed E-state index contributed by atoms with van der Waals surface area (Å²) in [5, 5.41) is 0. The fourth-order valence-corrected chi connectivity index (χ4v) is 1.74. The average Bonchev–Trinajstić information content (AvgIpc) is 2.34. The Balaban J connectivity index is 3.00. The summed E-state index contributed by atoms with van der Waals surface area (Å²) in [4.78, 5) is 0. The second kappa shape index (κ2) is 6.38. The molecule has 0 aliphatic rings. The van der Waals surface area contributed by atoms with E-state index in [2.05, 4.69) is 13.8 Å². The van der Waals surface area contributed by atoms with Crippen molar-refractivity contribution in [3.05, 3.63) is 17.7 Å². The Morgan fingerprint density at radius 1 is 0.941 bits per heavy atom. The molecule has 0 amide bonds. The number of hydrogen-bond acceptors (Lipinski definition) is 3. The van der Waals surface area contributed by atoms with E-state index >= 15 is 0 Å². The van der Waals surface area contributed by atoms with E-state index < -0.39 is 0 Å². The number of ether oxygens (including phenoxy) is 3. The van der Waals surface area contributed by atoms with Crippen molar-refractivity contribution in [2.45, 2.75) is 26.7 Å². The van der Waals surface area contributed by atoms with E-state index in [-0.39, 0.29) is 0 Å². The van der Waals surface area contributed by atoms with Gasteiger partial charge in [0.25, 0.3) is 0 Å². The molecule has 0 aliphatic heterocycles. The van der Waals surface area contributed by atoms with Gasteiger partial charge in [0.05, 0.1) is 21.3 Å². The monoisotopic (exact) mass is 238 g/mol. The summed E-state index contributed by atoms with van der Waals surface area (Å²) in [5.41, 5.74) is 1.22. The van der Waals surface area contributed by atoms with Gasteiger partial charge in [-0.2, -0.15) is 0 Å². The molecule has 0 bridgehead atoms. The van der Waals surface area contributed by atoms with E-state index in [1.54, 1.807) is 21.3 Å². The van der Waals surface area contributed by atoms with Gasteiger partial charge in [-0.05, 0) is 36.5 Å². The van der Waals surface area contributed by atoms with Crippen molar-refractivity contribution >= 4 is 0 Å². The lowest BCUT2D eigenvalue weighted by Gasteiger charge is -2.14. The first-order chi connectivity index (χ1) is 8.12. The third-order valence-corrected chi connectivity index (χ3v) is 2.73. The maximum Gasteiger partial charge on any atom is 0.203 e. The molecule has 0 fully saturated rings. The zero-order valence-corrected chi connectivity index (χ0v) is 11.4. The van der Waals surface area contributed by atoms with Crippen LogP contribution in [0, 0.1) is 5.92 Å². The quantitative estimate of drug-likeness (QED) is 0.761. The van der Waals surface area contributed by atoms with Crippen molar-refractivity contribution in [1.82, 2.24) is 0 Å². The normalized spacial score (nSPS) is 10.5. The van der Waals surface area contributed by atoms with Crippen molar-refractivity contribution in [3.8, 4) is 17.2 Å². The van der Waals surface area contributed by atoms with Crippen LogP contribution in [0.4, 0.5) is 0 Å². The van der Waals surface area contributed by atoms with E-state index in [1.807, 2.05) is 12.1 Å².